The van der Waals surface area contributed by atoms with Crippen LogP contribution in [0.5, 0.6) is 0 Å². The highest BCUT2D eigenvalue weighted by Crippen LogP contribution is 2.30. The second-order valence-electron chi connectivity index (χ2n) is 4.87. The van der Waals surface area contributed by atoms with Crippen molar-refractivity contribution in [2.75, 3.05) is 6.54 Å². The van der Waals surface area contributed by atoms with Gasteiger partial charge in [-0.3, -0.25) is 0 Å². The molecule has 5 heteroatoms. The Morgan fingerprint density at radius 2 is 2.11 bits per heavy atom. The van der Waals surface area contributed by atoms with Crippen molar-refractivity contribution in [2.45, 2.75) is 37.8 Å². The average Bonchev–Trinajstić information content (AvgIpc) is 3.02. The first-order chi connectivity index (χ1) is 8.53. The van der Waals surface area contributed by atoms with Crippen molar-refractivity contribution in [1.29, 1.82) is 0 Å². The zero-order valence-electron chi connectivity index (χ0n) is 10.8. The Balaban J connectivity index is 2.11. The van der Waals surface area contributed by atoms with E-state index in [2.05, 4.69) is 17.0 Å². The second-order valence-corrected chi connectivity index (χ2v) is 6.58. The van der Waals surface area contributed by atoms with E-state index in [1.807, 2.05) is 13.0 Å². The molecule has 1 aliphatic rings. The molecule has 0 spiro atoms. The van der Waals surface area contributed by atoms with Crippen molar-refractivity contribution >= 4 is 10.0 Å². The highest BCUT2D eigenvalue weighted by atomic mass is 32.2. The lowest BCUT2D eigenvalue weighted by molar-refractivity contribution is 0.578. The summed E-state index contributed by atoms with van der Waals surface area (Å²) in [6.07, 6.45) is 0.941. The van der Waals surface area contributed by atoms with E-state index in [9.17, 15) is 8.42 Å². The van der Waals surface area contributed by atoms with Crippen LogP contribution in [0.3, 0.4) is 0 Å². The molecular formula is C13H20N2O2S. The summed E-state index contributed by atoms with van der Waals surface area (Å²) in [5, 5.41) is 3.19. The third-order valence-electron chi connectivity index (χ3n) is 3.20. The van der Waals surface area contributed by atoms with Gasteiger partial charge in [0.15, 0.2) is 0 Å². The van der Waals surface area contributed by atoms with Gasteiger partial charge in [0.2, 0.25) is 10.0 Å². The van der Waals surface area contributed by atoms with Crippen LogP contribution >= 0.6 is 0 Å². The Bertz CT molecular complexity index is 513. The van der Waals surface area contributed by atoms with E-state index in [0.717, 1.165) is 18.5 Å². The predicted molar refractivity (Wildman–Crippen MR) is 71.7 cm³/mol. The molecule has 0 aliphatic heterocycles. The van der Waals surface area contributed by atoms with Gasteiger partial charge in [0.25, 0.3) is 0 Å². The van der Waals surface area contributed by atoms with Gasteiger partial charge in [-0.05, 0) is 36.6 Å². The van der Waals surface area contributed by atoms with E-state index >= 15 is 0 Å². The number of rotatable bonds is 6. The fourth-order valence-electron chi connectivity index (χ4n) is 1.85. The summed E-state index contributed by atoms with van der Waals surface area (Å²) in [5.41, 5.74) is 0.989. The van der Waals surface area contributed by atoms with Crippen molar-refractivity contribution in [3.05, 3.63) is 29.8 Å². The standard InChI is InChI=1S/C13H20N2O2S/c1-3-14-9-11-5-4-6-12(8-11)18(16,17)15-13-7-10(13)2/h4-6,8,10,13-15H,3,7,9H2,1-2H3. The molecule has 2 N–H and O–H groups in total. The van der Waals surface area contributed by atoms with E-state index in [1.165, 1.54) is 0 Å². The molecule has 0 bridgehead atoms. The zero-order chi connectivity index (χ0) is 13.2. The molecule has 100 valence electrons. The summed E-state index contributed by atoms with van der Waals surface area (Å²) in [6.45, 7) is 5.64. The highest BCUT2D eigenvalue weighted by Gasteiger charge is 2.36. The maximum atomic E-state index is 12.1. The first-order valence-corrected chi connectivity index (χ1v) is 7.83. The fraction of sp³-hybridized carbons (Fsp3) is 0.538. The summed E-state index contributed by atoms with van der Waals surface area (Å²) in [4.78, 5) is 0.358. The molecule has 2 rings (SSSR count). The molecule has 18 heavy (non-hydrogen) atoms. The Hall–Kier alpha value is -0.910. The van der Waals surface area contributed by atoms with Crippen LogP contribution < -0.4 is 10.0 Å². The largest absolute Gasteiger partial charge is 0.313 e. The summed E-state index contributed by atoms with van der Waals surface area (Å²) in [7, 11) is -3.36. The molecule has 0 saturated heterocycles. The van der Waals surface area contributed by atoms with Gasteiger partial charge in [-0.25, -0.2) is 13.1 Å². The molecule has 2 atom stereocenters. The van der Waals surface area contributed by atoms with Crippen molar-refractivity contribution < 1.29 is 8.42 Å². The highest BCUT2D eigenvalue weighted by molar-refractivity contribution is 7.89. The van der Waals surface area contributed by atoms with E-state index in [1.54, 1.807) is 18.2 Å². The van der Waals surface area contributed by atoms with Crippen molar-refractivity contribution in [3.8, 4) is 0 Å². The van der Waals surface area contributed by atoms with Crippen LogP contribution in [-0.4, -0.2) is 21.0 Å². The van der Waals surface area contributed by atoms with Crippen LogP contribution in [0, 0.1) is 5.92 Å². The fourth-order valence-corrected chi connectivity index (χ4v) is 3.27. The summed E-state index contributed by atoms with van der Waals surface area (Å²) in [5.74, 6) is 0.463. The van der Waals surface area contributed by atoms with Crippen LogP contribution in [0.15, 0.2) is 29.2 Å². The minimum atomic E-state index is -3.36. The predicted octanol–water partition coefficient (Wildman–Crippen LogP) is 1.48. The molecule has 0 aromatic heterocycles. The monoisotopic (exact) mass is 268 g/mol. The number of nitrogens with one attached hydrogen (secondary N) is 2. The SMILES string of the molecule is CCNCc1cccc(S(=O)(=O)NC2CC2C)c1. The lowest BCUT2D eigenvalue weighted by atomic mass is 10.2. The van der Waals surface area contributed by atoms with E-state index in [0.29, 0.717) is 17.4 Å². The maximum Gasteiger partial charge on any atom is 0.240 e. The molecule has 0 heterocycles. The second kappa shape index (κ2) is 5.38. The molecular weight excluding hydrogens is 248 g/mol. The van der Waals surface area contributed by atoms with Gasteiger partial charge in [-0.15, -0.1) is 0 Å². The number of hydrogen-bond donors (Lipinski definition) is 2. The average molecular weight is 268 g/mol. The van der Waals surface area contributed by atoms with E-state index in [4.69, 9.17) is 0 Å². The molecule has 0 radical (unpaired) electrons. The molecule has 0 amide bonds. The lowest BCUT2D eigenvalue weighted by Crippen LogP contribution is -2.27. The Labute approximate surface area is 109 Å². The third kappa shape index (κ3) is 3.31. The number of benzene rings is 1. The van der Waals surface area contributed by atoms with Crippen LogP contribution in [-0.2, 0) is 16.6 Å². The molecule has 1 aliphatic carbocycles. The van der Waals surface area contributed by atoms with Gasteiger partial charge < -0.3 is 5.32 Å². The zero-order valence-corrected chi connectivity index (χ0v) is 11.6. The Morgan fingerprint density at radius 3 is 2.72 bits per heavy atom. The minimum Gasteiger partial charge on any atom is -0.313 e. The van der Waals surface area contributed by atoms with Crippen molar-refractivity contribution in [2.24, 2.45) is 5.92 Å². The number of hydrogen-bond acceptors (Lipinski definition) is 3. The molecule has 1 fully saturated rings. The van der Waals surface area contributed by atoms with Crippen molar-refractivity contribution in [1.82, 2.24) is 10.0 Å². The Morgan fingerprint density at radius 1 is 1.39 bits per heavy atom. The number of sulfonamides is 1. The van der Waals surface area contributed by atoms with Gasteiger partial charge >= 0.3 is 0 Å². The van der Waals surface area contributed by atoms with Crippen LogP contribution in [0.4, 0.5) is 0 Å². The van der Waals surface area contributed by atoms with Gasteiger partial charge in [0.1, 0.15) is 0 Å². The normalized spacial score (nSPS) is 23.0. The maximum absolute atomic E-state index is 12.1. The van der Waals surface area contributed by atoms with E-state index < -0.39 is 10.0 Å². The van der Waals surface area contributed by atoms with Crippen LogP contribution in [0.1, 0.15) is 25.8 Å². The van der Waals surface area contributed by atoms with Crippen LogP contribution in [0.2, 0.25) is 0 Å². The first-order valence-electron chi connectivity index (χ1n) is 6.35. The Kier molecular flexibility index (Phi) is 4.04. The lowest BCUT2D eigenvalue weighted by Gasteiger charge is -2.08. The van der Waals surface area contributed by atoms with Gasteiger partial charge in [0.05, 0.1) is 4.90 Å². The summed E-state index contributed by atoms with van der Waals surface area (Å²) in [6, 6.07) is 7.22. The molecule has 1 aromatic rings. The van der Waals surface area contributed by atoms with Crippen molar-refractivity contribution in [3.63, 3.8) is 0 Å². The van der Waals surface area contributed by atoms with Gasteiger partial charge in [-0.1, -0.05) is 26.0 Å². The first kappa shape index (κ1) is 13.5. The molecule has 2 unspecified atom stereocenters. The van der Waals surface area contributed by atoms with Gasteiger partial charge in [0, 0.05) is 12.6 Å². The smallest absolute Gasteiger partial charge is 0.240 e. The van der Waals surface area contributed by atoms with E-state index in [-0.39, 0.29) is 6.04 Å². The molecule has 4 nitrogen and oxygen atoms in total. The summed E-state index contributed by atoms with van der Waals surface area (Å²) >= 11 is 0. The summed E-state index contributed by atoms with van der Waals surface area (Å²) < 4.78 is 27.0. The van der Waals surface area contributed by atoms with Crippen LogP contribution in [0.25, 0.3) is 0 Å². The third-order valence-corrected chi connectivity index (χ3v) is 4.69. The molecule has 1 aromatic carbocycles. The quantitative estimate of drug-likeness (QED) is 0.821. The topological polar surface area (TPSA) is 58.2 Å². The van der Waals surface area contributed by atoms with Gasteiger partial charge in [-0.2, -0.15) is 0 Å². The minimum absolute atomic E-state index is 0.118. The molecule has 1 saturated carbocycles.